The fourth-order valence-electron chi connectivity index (χ4n) is 2.65. The molecule has 2 nitrogen and oxygen atoms in total. The van der Waals surface area contributed by atoms with E-state index < -0.39 is 0 Å². The van der Waals surface area contributed by atoms with E-state index in [0.29, 0.717) is 6.61 Å². The largest absolute Gasteiger partial charge is 0.493 e. The molecule has 1 aliphatic carbocycles. The van der Waals surface area contributed by atoms with Crippen LogP contribution >= 0.6 is 0 Å². The molecule has 1 aromatic carbocycles. The van der Waals surface area contributed by atoms with E-state index in [4.69, 9.17) is 4.74 Å². The topological polar surface area (TPSA) is 29.5 Å². The Labute approximate surface area is 103 Å². The lowest BCUT2D eigenvalue weighted by molar-refractivity contribution is 0.0562. The van der Waals surface area contributed by atoms with Gasteiger partial charge in [0.15, 0.2) is 0 Å². The summed E-state index contributed by atoms with van der Waals surface area (Å²) in [5.74, 6) is 2.18. The van der Waals surface area contributed by atoms with Crippen LogP contribution in [0, 0.1) is 11.8 Å². The summed E-state index contributed by atoms with van der Waals surface area (Å²) in [5, 5.41) is 10.2. The lowest BCUT2D eigenvalue weighted by Crippen LogP contribution is -2.31. The van der Waals surface area contributed by atoms with Gasteiger partial charge in [-0.05, 0) is 36.8 Å². The minimum atomic E-state index is -0.191. The second-order valence-electron chi connectivity index (χ2n) is 5.47. The molecule has 1 aromatic rings. The van der Waals surface area contributed by atoms with Crippen LogP contribution in [0.25, 0.3) is 0 Å². The number of hydrogen-bond acceptors (Lipinski definition) is 2. The lowest BCUT2D eigenvalue weighted by Gasteiger charge is -2.28. The molecule has 0 spiro atoms. The van der Waals surface area contributed by atoms with Gasteiger partial charge in [-0.2, -0.15) is 0 Å². The SMILES string of the molecule is OC(CCC1CC1)C1COc2ccccc2C1. The Morgan fingerprint density at radius 2 is 2.12 bits per heavy atom. The van der Waals surface area contributed by atoms with E-state index in [2.05, 4.69) is 6.07 Å². The molecule has 0 radical (unpaired) electrons. The summed E-state index contributed by atoms with van der Waals surface area (Å²) in [7, 11) is 0. The van der Waals surface area contributed by atoms with Gasteiger partial charge < -0.3 is 9.84 Å². The van der Waals surface area contributed by atoms with Crippen LogP contribution < -0.4 is 4.74 Å². The highest BCUT2D eigenvalue weighted by Gasteiger charge is 2.28. The van der Waals surface area contributed by atoms with E-state index in [1.165, 1.54) is 24.8 Å². The molecule has 1 N–H and O–H groups in total. The van der Waals surface area contributed by atoms with Crippen molar-refractivity contribution in [3.63, 3.8) is 0 Å². The zero-order chi connectivity index (χ0) is 11.7. The van der Waals surface area contributed by atoms with Crippen molar-refractivity contribution in [2.24, 2.45) is 11.8 Å². The Balaban J connectivity index is 1.58. The molecule has 0 bridgehead atoms. The smallest absolute Gasteiger partial charge is 0.122 e. The normalized spacial score (nSPS) is 24.9. The van der Waals surface area contributed by atoms with Crippen molar-refractivity contribution in [2.45, 2.75) is 38.2 Å². The number of fused-ring (bicyclic) bond motifs is 1. The van der Waals surface area contributed by atoms with Crippen LogP contribution in [0.5, 0.6) is 5.75 Å². The van der Waals surface area contributed by atoms with Crippen LogP contribution in [0.15, 0.2) is 24.3 Å². The van der Waals surface area contributed by atoms with Crippen molar-refractivity contribution >= 4 is 0 Å². The molecular weight excluding hydrogens is 212 g/mol. The third-order valence-corrected chi connectivity index (χ3v) is 4.02. The average molecular weight is 232 g/mol. The maximum atomic E-state index is 10.2. The first-order chi connectivity index (χ1) is 8.33. The Bertz CT molecular complexity index is 384. The summed E-state index contributed by atoms with van der Waals surface area (Å²) in [6.07, 6.45) is 5.65. The standard InChI is InChI=1S/C15H20O2/c16-14(8-7-11-5-6-11)13-9-12-3-1-2-4-15(12)17-10-13/h1-4,11,13-14,16H,5-10H2. The lowest BCUT2D eigenvalue weighted by atomic mass is 9.89. The maximum Gasteiger partial charge on any atom is 0.122 e. The number of ether oxygens (including phenoxy) is 1. The Morgan fingerprint density at radius 1 is 1.29 bits per heavy atom. The van der Waals surface area contributed by atoms with Gasteiger partial charge in [0.05, 0.1) is 12.7 Å². The summed E-state index contributed by atoms with van der Waals surface area (Å²) in [6, 6.07) is 8.17. The van der Waals surface area contributed by atoms with Crippen molar-refractivity contribution in [1.29, 1.82) is 0 Å². The van der Waals surface area contributed by atoms with Gasteiger partial charge in [-0.25, -0.2) is 0 Å². The highest BCUT2D eigenvalue weighted by Crippen LogP contribution is 2.35. The van der Waals surface area contributed by atoms with Gasteiger partial charge in [0.2, 0.25) is 0 Å². The first-order valence-corrected chi connectivity index (χ1v) is 6.71. The molecule has 2 atom stereocenters. The third kappa shape index (κ3) is 2.63. The average Bonchev–Trinajstić information content (AvgIpc) is 3.19. The summed E-state index contributed by atoms with van der Waals surface area (Å²) < 4.78 is 5.72. The molecule has 0 saturated heterocycles. The van der Waals surface area contributed by atoms with Gasteiger partial charge in [0, 0.05) is 5.92 Å². The van der Waals surface area contributed by atoms with Crippen molar-refractivity contribution in [3.05, 3.63) is 29.8 Å². The number of benzene rings is 1. The zero-order valence-electron chi connectivity index (χ0n) is 10.1. The van der Waals surface area contributed by atoms with Crippen molar-refractivity contribution in [1.82, 2.24) is 0 Å². The zero-order valence-corrected chi connectivity index (χ0v) is 10.1. The molecule has 1 saturated carbocycles. The number of aliphatic hydroxyl groups excluding tert-OH is 1. The predicted molar refractivity (Wildman–Crippen MR) is 67.1 cm³/mol. The fourth-order valence-corrected chi connectivity index (χ4v) is 2.65. The summed E-state index contributed by atoms with van der Waals surface area (Å²) >= 11 is 0. The van der Waals surface area contributed by atoms with Crippen LogP contribution in [0.4, 0.5) is 0 Å². The molecule has 2 heteroatoms. The van der Waals surface area contributed by atoms with Crippen LogP contribution in [0.1, 0.15) is 31.2 Å². The first-order valence-electron chi connectivity index (χ1n) is 6.71. The monoisotopic (exact) mass is 232 g/mol. The van der Waals surface area contributed by atoms with Gasteiger partial charge in [-0.1, -0.05) is 31.0 Å². The first kappa shape index (κ1) is 11.1. The van der Waals surface area contributed by atoms with E-state index in [9.17, 15) is 5.11 Å². The molecule has 2 unspecified atom stereocenters. The quantitative estimate of drug-likeness (QED) is 0.865. The number of aliphatic hydroxyl groups is 1. The van der Waals surface area contributed by atoms with Gasteiger partial charge in [0.1, 0.15) is 5.75 Å². The minimum absolute atomic E-state index is 0.191. The highest BCUT2D eigenvalue weighted by atomic mass is 16.5. The van der Waals surface area contributed by atoms with E-state index in [1.54, 1.807) is 0 Å². The molecule has 17 heavy (non-hydrogen) atoms. The van der Waals surface area contributed by atoms with Crippen molar-refractivity contribution in [3.8, 4) is 5.75 Å². The molecular formula is C15H20O2. The van der Waals surface area contributed by atoms with Gasteiger partial charge in [0.25, 0.3) is 0 Å². The maximum absolute atomic E-state index is 10.2. The van der Waals surface area contributed by atoms with E-state index in [1.807, 2.05) is 18.2 Å². The van der Waals surface area contributed by atoms with Crippen molar-refractivity contribution < 1.29 is 9.84 Å². The molecule has 1 heterocycles. The van der Waals surface area contributed by atoms with Gasteiger partial charge >= 0.3 is 0 Å². The van der Waals surface area contributed by atoms with Gasteiger partial charge in [-0.15, -0.1) is 0 Å². The molecule has 0 aromatic heterocycles. The summed E-state index contributed by atoms with van der Waals surface area (Å²) in [4.78, 5) is 0. The van der Waals surface area contributed by atoms with Crippen LogP contribution in [0.2, 0.25) is 0 Å². The van der Waals surface area contributed by atoms with Crippen LogP contribution in [-0.2, 0) is 6.42 Å². The molecule has 2 aliphatic rings. The fraction of sp³-hybridized carbons (Fsp3) is 0.600. The molecule has 1 aliphatic heterocycles. The highest BCUT2D eigenvalue weighted by molar-refractivity contribution is 5.35. The van der Waals surface area contributed by atoms with E-state index >= 15 is 0 Å². The third-order valence-electron chi connectivity index (χ3n) is 4.02. The van der Waals surface area contributed by atoms with E-state index in [0.717, 1.165) is 24.5 Å². The molecule has 1 fully saturated rings. The predicted octanol–water partition coefficient (Wildman–Crippen LogP) is 2.79. The number of para-hydroxylation sites is 1. The van der Waals surface area contributed by atoms with Crippen molar-refractivity contribution in [2.75, 3.05) is 6.61 Å². The molecule has 0 amide bonds. The van der Waals surface area contributed by atoms with Gasteiger partial charge in [-0.3, -0.25) is 0 Å². The van der Waals surface area contributed by atoms with Crippen LogP contribution in [0.3, 0.4) is 0 Å². The second kappa shape index (κ2) is 4.69. The Morgan fingerprint density at radius 3 is 2.94 bits per heavy atom. The van der Waals surface area contributed by atoms with Crippen LogP contribution in [-0.4, -0.2) is 17.8 Å². The minimum Gasteiger partial charge on any atom is -0.493 e. The molecule has 3 rings (SSSR count). The second-order valence-corrected chi connectivity index (χ2v) is 5.47. The number of rotatable bonds is 4. The number of hydrogen-bond donors (Lipinski definition) is 1. The Hall–Kier alpha value is -1.02. The molecule has 92 valence electrons. The Kier molecular flexibility index (Phi) is 3.06. The van der Waals surface area contributed by atoms with E-state index in [-0.39, 0.29) is 12.0 Å². The summed E-state index contributed by atoms with van der Waals surface area (Å²) in [6.45, 7) is 0.669. The summed E-state index contributed by atoms with van der Waals surface area (Å²) in [5.41, 5.74) is 1.24.